The van der Waals surface area contributed by atoms with Gasteiger partial charge in [-0.3, -0.25) is 0 Å². The van der Waals surface area contributed by atoms with E-state index in [0.29, 0.717) is 30.0 Å². The van der Waals surface area contributed by atoms with Crippen LogP contribution in [0.4, 0.5) is 30.6 Å². The van der Waals surface area contributed by atoms with Gasteiger partial charge in [-0.2, -0.15) is 23.1 Å². The Kier molecular flexibility index (Phi) is 5.33. The van der Waals surface area contributed by atoms with Crippen molar-refractivity contribution in [2.75, 3.05) is 42.2 Å². The summed E-state index contributed by atoms with van der Waals surface area (Å²) < 4.78 is 41.6. The highest BCUT2D eigenvalue weighted by Crippen LogP contribution is 2.43. The zero-order valence-electron chi connectivity index (χ0n) is 16.1. The van der Waals surface area contributed by atoms with E-state index in [9.17, 15) is 13.2 Å². The molecule has 1 aliphatic heterocycles. The molecule has 1 aromatic carbocycles. The first kappa shape index (κ1) is 20.1. The Balaban J connectivity index is 1.91. The smallest absolute Gasteiger partial charge is 0.395 e. The zero-order valence-corrected chi connectivity index (χ0v) is 16.1. The molecule has 3 aromatic rings. The number of aliphatic hydroxyl groups excluding tert-OH is 1. The summed E-state index contributed by atoms with van der Waals surface area (Å²) in [5.41, 5.74) is 5.93. The summed E-state index contributed by atoms with van der Waals surface area (Å²) in [6, 6.07) is 7.36. The van der Waals surface area contributed by atoms with Gasteiger partial charge >= 0.3 is 6.18 Å². The van der Waals surface area contributed by atoms with Crippen molar-refractivity contribution in [2.24, 2.45) is 0 Å². The van der Waals surface area contributed by atoms with Crippen molar-refractivity contribution in [1.82, 2.24) is 15.0 Å². The third-order valence-electron chi connectivity index (χ3n) is 5.03. The summed E-state index contributed by atoms with van der Waals surface area (Å²) in [5, 5.41) is 12.5. The van der Waals surface area contributed by atoms with Gasteiger partial charge in [-0.05, 0) is 37.1 Å². The first-order chi connectivity index (χ1) is 14.4. The molecule has 0 atom stereocenters. The normalized spacial score (nSPS) is 14.5. The minimum atomic E-state index is -4.53. The predicted octanol–water partition coefficient (Wildman–Crippen LogP) is 3.30. The molecular formula is C20H21F3N6O. The van der Waals surface area contributed by atoms with E-state index in [1.54, 1.807) is 12.1 Å². The van der Waals surface area contributed by atoms with Crippen LogP contribution in [0.1, 0.15) is 18.4 Å². The number of fused-ring (bicyclic) bond motifs is 1. The Hall–Kier alpha value is -3.14. The van der Waals surface area contributed by atoms with Crippen LogP contribution in [0.15, 0.2) is 30.3 Å². The van der Waals surface area contributed by atoms with Gasteiger partial charge in [0.05, 0.1) is 23.3 Å². The fourth-order valence-electron chi connectivity index (χ4n) is 3.74. The van der Waals surface area contributed by atoms with E-state index in [-0.39, 0.29) is 36.0 Å². The first-order valence-corrected chi connectivity index (χ1v) is 9.63. The molecule has 1 saturated heterocycles. The number of aromatic nitrogens is 3. The van der Waals surface area contributed by atoms with Crippen LogP contribution in [0.25, 0.3) is 22.3 Å². The Labute approximate surface area is 170 Å². The van der Waals surface area contributed by atoms with E-state index in [0.717, 1.165) is 18.9 Å². The van der Waals surface area contributed by atoms with Crippen molar-refractivity contribution < 1.29 is 18.3 Å². The Morgan fingerprint density at radius 2 is 1.83 bits per heavy atom. The lowest BCUT2D eigenvalue weighted by Crippen LogP contribution is -2.20. The summed E-state index contributed by atoms with van der Waals surface area (Å²) in [4.78, 5) is 14.6. The molecular weight excluding hydrogens is 397 g/mol. The third-order valence-corrected chi connectivity index (χ3v) is 5.03. The number of halogens is 3. The van der Waals surface area contributed by atoms with Gasteiger partial charge in [0.15, 0.2) is 5.65 Å². The Morgan fingerprint density at radius 3 is 2.53 bits per heavy atom. The molecule has 30 heavy (non-hydrogen) atoms. The highest BCUT2D eigenvalue weighted by Gasteiger charge is 2.36. The number of rotatable bonds is 5. The number of anilines is 3. The summed E-state index contributed by atoms with van der Waals surface area (Å²) in [6.07, 6.45) is -2.66. The number of nitrogens with two attached hydrogens (primary N) is 1. The van der Waals surface area contributed by atoms with Gasteiger partial charge in [0.25, 0.3) is 0 Å². The number of aliphatic hydroxyl groups is 1. The van der Waals surface area contributed by atoms with Gasteiger partial charge in [0.2, 0.25) is 5.95 Å². The molecule has 158 valence electrons. The monoisotopic (exact) mass is 418 g/mol. The number of benzene rings is 1. The van der Waals surface area contributed by atoms with Crippen LogP contribution in [-0.4, -0.2) is 46.3 Å². The standard InChI is InChI=1S/C20H21F3N6O/c21-20(22,23)13-4-3-5-15(29-9-1-2-10-29)16(13)14-7-6-12-17(25-8-11-30)27-19(24)28-18(12)26-14/h3-7,30H,1-2,8-11H2,(H3,24,25,26,27,28). The maximum absolute atomic E-state index is 13.9. The van der Waals surface area contributed by atoms with Crippen molar-refractivity contribution in [3.63, 3.8) is 0 Å². The fraction of sp³-hybridized carbons (Fsp3) is 0.350. The lowest BCUT2D eigenvalue weighted by molar-refractivity contribution is -0.137. The van der Waals surface area contributed by atoms with Gasteiger partial charge in [-0.25, -0.2) is 4.98 Å². The van der Waals surface area contributed by atoms with Crippen LogP contribution in [-0.2, 0) is 6.18 Å². The molecule has 7 nitrogen and oxygen atoms in total. The van der Waals surface area contributed by atoms with E-state index in [1.807, 2.05) is 4.90 Å². The molecule has 0 radical (unpaired) electrons. The SMILES string of the molecule is Nc1nc(NCCO)c2ccc(-c3c(N4CCCC4)cccc3C(F)(F)F)nc2n1. The lowest BCUT2D eigenvalue weighted by Gasteiger charge is -2.24. The summed E-state index contributed by atoms with van der Waals surface area (Å²) in [6.45, 7) is 1.52. The van der Waals surface area contributed by atoms with E-state index in [4.69, 9.17) is 10.8 Å². The molecule has 1 aliphatic rings. The maximum atomic E-state index is 13.9. The van der Waals surface area contributed by atoms with E-state index < -0.39 is 11.7 Å². The van der Waals surface area contributed by atoms with Gasteiger partial charge in [-0.15, -0.1) is 0 Å². The minimum absolute atomic E-state index is 0.0378. The number of alkyl halides is 3. The second-order valence-electron chi connectivity index (χ2n) is 7.04. The molecule has 2 aromatic heterocycles. The van der Waals surface area contributed by atoms with E-state index in [1.165, 1.54) is 12.1 Å². The number of nitrogens with one attached hydrogen (secondary N) is 1. The number of hydrogen-bond donors (Lipinski definition) is 3. The van der Waals surface area contributed by atoms with Crippen LogP contribution in [0.3, 0.4) is 0 Å². The molecule has 0 aliphatic carbocycles. The second-order valence-corrected chi connectivity index (χ2v) is 7.04. The number of nitrogens with zero attached hydrogens (tertiary/aromatic N) is 4. The van der Waals surface area contributed by atoms with Gasteiger partial charge < -0.3 is 21.1 Å². The summed E-state index contributed by atoms with van der Waals surface area (Å²) in [7, 11) is 0. The lowest BCUT2D eigenvalue weighted by atomic mass is 10.00. The van der Waals surface area contributed by atoms with Crippen LogP contribution in [0.5, 0.6) is 0 Å². The Morgan fingerprint density at radius 1 is 1.07 bits per heavy atom. The Bertz CT molecular complexity index is 1070. The van der Waals surface area contributed by atoms with Crippen LogP contribution < -0.4 is 16.0 Å². The molecule has 0 saturated carbocycles. The van der Waals surface area contributed by atoms with Crippen LogP contribution in [0.2, 0.25) is 0 Å². The largest absolute Gasteiger partial charge is 0.417 e. The van der Waals surface area contributed by atoms with Crippen LogP contribution >= 0.6 is 0 Å². The molecule has 1 fully saturated rings. The zero-order chi connectivity index (χ0) is 21.3. The van der Waals surface area contributed by atoms with E-state index >= 15 is 0 Å². The van der Waals surface area contributed by atoms with E-state index in [2.05, 4.69) is 20.3 Å². The average Bonchev–Trinajstić information content (AvgIpc) is 3.25. The molecule has 4 rings (SSSR count). The van der Waals surface area contributed by atoms with Crippen molar-refractivity contribution in [2.45, 2.75) is 19.0 Å². The minimum Gasteiger partial charge on any atom is -0.395 e. The molecule has 0 unspecified atom stereocenters. The number of nitrogen functional groups attached to an aromatic ring is 1. The van der Waals surface area contributed by atoms with Crippen molar-refractivity contribution in [3.8, 4) is 11.3 Å². The van der Waals surface area contributed by atoms with Gasteiger partial charge in [0.1, 0.15) is 5.82 Å². The molecule has 10 heteroatoms. The molecule has 0 bridgehead atoms. The molecule has 4 N–H and O–H groups in total. The van der Waals surface area contributed by atoms with Crippen molar-refractivity contribution in [1.29, 1.82) is 0 Å². The number of hydrogen-bond acceptors (Lipinski definition) is 7. The highest BCUT2D eigenvalue weighted by atomic mass is 19.4. The number of pyridine rings is 1. The van der Waals surface area contributed by atoms with Gasteiger partial charge in [-0.1, -0.05) is 6.07 Å². The molecule has 0 spiro atoms. The highest BCUT2D eigenvalue weighted by molar-refractivity contribution is 5.91. The fourth-order valence-corrected chi connectivity index (χ4v) is 3.74. The molecule has 0 amide bonds. The maximum Gasteiger partial charge on any atom is 0.417 e. The second kappa shape index (κ2) is 7.94. The topological polar surface area (TPSA) is 100 Å². The molecule has 3 heterocycles. The first-order valence-electron chi connectivity index (χ1n) is 9.63. The van der Waals surface area contributed by atoms with Gasteiger partial charge in [0, 0.05) is 30.9 Å². The summed E-state index contributed by atoms with van der Waals surface area (Å²) in [5.74, 6) is 0.311. The predicted molar refractivity (Wildman–Crippen MR) is 109 cm³/mol. The summed E-state index contributed by atoms with van der Waals surface area (Å²) >= 11 is 0. The van der Waals surface area contributed by atoms with Crippen molar-refractivity contribution in [3.05, 3.63) is 35.9 Å². The third kappa shape index (κ3) is 3.82. The average molecular weight is 418 g/mol. The van der Waals surface area contributed by atoms with Crippen molar-refractivity contribution >= 4 is 28.5 Å². The van der Waals surface area contributed by atoms with Crippen LogP contribution in [0, 0.1) is 0 Å². The quantitative estimate of drug-likeness (QED) is 0.585.